The first-order valence-electron chi connectivity index (χ1n) is 1.96. The van der Waals surface area contributed by atoms with Crippen molar-refractivity contribution in [2.75, 3.05) is 6.54 Å². The summed E-state index contributed by atoms with van der Waals surface area (Å²) in [5.41, 5.74) is 0.977. The van der Waals surface area contributed by atoms with Gasteiger partial charge in [0.05, 0.1) is 0 Å². The molecule has 1 heteroatoms. The first-order valence-corrected chi connectivity index (χ1v) is 1.96. The molecule has 0 saturated carbocycles. The molecule has 0 aromatic carbocycles. The first kappa shape index (κ1) is 5.54. The van der Waals surface area contributed by atoms with Crippen molar-refractivity contribution in [2.45, 2.75) is 6.92 Å². The summed E-state index contributed by atoms with van der Waals surface area (Å²) >= 11 is 0. The second kappa shape index (κ2) is 2.76. The van der Waals surface area contributed by atoms with E-state index < -0.39 is 0 Å². The third kappa shape index (κ3) is 3.54. The monoisotopic (exact) mass is 84.1 g/mol. The summed E-state index contributed by atoms with van der Waals surface area (Å²) in [7, 11) is 0. The zero-order valence-corrected chi connectivity index (χ0v) is 4.12. The van der Waals surface area contributed by atoms with Gasteiger partial charge in [0.25, 0.3) is 0 Å². The van der Waals surface area contributed by atoms with E-state index in [1.165, 1.54) is 0 Å². The van der Waals surface area contributed by atoms with E-state index in [1.807, 2.05) is 6.92 Å². The number of allylic oxidation sites excluding steroid dienone is 1. The Labute approximate surface area is 39.1 Å². The molecule has 0 rings (SSSR count). The van der Waals surface area contributed by atoms with Gasteiger partial charge in [0.1, 0.15) is 0 Å². The molecule has 1 radical (unpaired) electrons. The van der Waals surface area contributed by atoms with E-state index in [4.69, 9.17) is 0 Å². The number of rotatable bonds is 2. The SMILES string of the molecule is [CH2]CNC(=C)C. The average Bonchev–Trinajstić information content (AvgIpc) is 1.35. The van der Waals surface area contributed by atoms with Crippen LogP contribution in [-0.2, 0) is 0 Å². The lowest BCUT2D eigenvalue weighted by Crippen LogP contribution is -2.07. The molecule has 0 unspecified atom stereocenters. The molecule has 0 bridgehead atoms. The molecular formula is C5H10N. The fourth-order valence-corrected chi connectivity index (χ4v) is 0.213. The van der Waals surface area contributed by atoms with Crippen molar-refractivity contribution >= 4 is 0 Å². The van der Waals surface area contributed by atoms with Crippen molar-refractivity contribution in [1.82, 2.24) is 5.32 Å². The highest BCUT2D eigenvalue weighted by Gasteiger charge is 1.70. The van der Waals surface area contributed by atoms with Crippen LogP contribution in [0.4, 0.5) is 0 Å². The molecule has 1 nitrogen and oxygen atoms in total. The van der Waals surface area contributed by atoms with Gasteiger partial charge in [0, 0.05) is 12.2 Å². The molecule has 0 spiro atoms. The maximum atomic E-state index is 3.59. The minimum Gasteiger partial charge on any atom is -0.389 e. The van der Waals surface area contributed by atoms with Gasteiger partial charge in [0.15, 0.2) is 0 Å². The highest BCUT2D eigenvalue weighted by molar-refractivity contribution is 4.83. The van der Waals surface area contributed by atoms with Crippen LogP contribution in [0.15, 0.2) is 12.3 Å². The molecule has 0 aromatic rings. The molecule has 0 aliphatic heterocycles. The Balaban J connectivity index is 2.83. The summed E-state index contributed by atoms with van der Waals surface area (Å²) in [5.74, 6) is 0. The van der Waals surface area contributed by atoms with Crippen LogP contribution in [0.3, 0.4) is 0 Å². The van der Waals surface area contributed by atoms with Gasteiger partial charge < -0.3 is 5.32 Å². The zero-order valence-electron chi connectivity index (χ0n) is 4.12. The normalized spacial score (nSPS) is 7.67. The van der Waals surface area contributed by atoms with Crippen molar-refractivity contribution in [1.29, 1.82) is 0 Å². The second-order valence-corrected chi connectivity index (χ2v) is 1.21. The van der Waals surface area contributed by atoms with Crippen molar-refractivity contribution in [3.63, 3.8) is 0 Å². The van der Waals surface area contributed by atoms with Crippen LogP contribution in [0.5, 0.6) is 0 Å². The number of nitrogens with one attached hydrogen (secondary N) is 1. The lowest BCUT2D eigenvalue weighted by Gasteiger charge is -1.95. The third-order valence-electron chi connectivity index (χ3n) is 0.427. The average molecular weight is 84.1 g/mol. The Kier molecular flexibility index (Phi) is 2.55. The van der Waals surface area contributed by atoms with Crippen LogP contribution in [-0.4, -0.2) is 6.54 Å². The Hall–Kier alpha value is -0.460. The predicted molar refractivity (Wildman–Crippen MR) is 28.2 cm³/mol. The Morgan fingerprint density at radius 2 is 2.33 bits per heavy atom. The molecule has 0 aliphatic rings. The van der Waals surface area contributed by atoms with E-state index in [0.29, 0.717) is 0 Å². The van der Waals surface area contributed by atoms with Gasteiger partial charge in [-0.05, 0) is 13.8 Å². The van der Waals surface area contributed by atoms with E-state index >= 15 is 0 Å². The largest absolute Gasteiger partial charge is 0.389 e. The fraction of sp³-hybridized carbons (Fsp3) is 0.400. The Bertz CT molecular complexity index is 47.9. The van der Waals surface area contributed by atoms with Gasteiger partial charge in [-0.1, -0.05) is 6.58 Å². The lowest BCUT2D eigenvalue weighted by atomic mass is 10.5. The maximum Gasteiger partial charge on any atom is 0.0144 e. The van der Waals surface area contributed by atoms with Gasteiger partial charge in [-0.15, -0.1) is 0 Å². The van der Waals surface area contributed by atoms with Crippen LogP contribution >= 0.6 is 0 Å². The minimum atomic E-state index is 0.731. The lowest BCUT2D eigenvalue weighted by molar-refractivity contribution is 0.909. The Morgan fingerprint density at radius 3 is 2.33 bits per heavy atom. The molecule has 6 heavy (non-hydrogen) atoms. The third-order valence-corrected chi connectivity index (χ3v) is 0.427. The molecule has 0 fully saturated rings. The van der Waals surface area contributed by atoms with Crippen LogP contribution < -0.4 is 5.32 Å². The highest BCUT2D eigenvalue weighted by Crippen LogP contribution is 1.72. The maximum absolute atomic E-state index is 3.59. The topological polar surface area (TPSA) is 12.0 Å². The van der Waals surface area contributed by atoms with Gasteiger partial charge in [0.2, 0.25) is 0 Å². The predicted octanol–water partition coefficient (Wildman–Crippen LogP) is 0.944. The highest BCUT2D eigenvalue weighted by atomic mass is 14.8. The van der Waals surface area contributed by atoms with Crippen LogP contribution in [0.2, 0.25) is 0 Å². The van der Waals surface area contributed by atoms with E-state index in [-0.39, 0.29) is 0 Å². The van der Waals surface area contributed by atoms with Crippen molar-refractivity contribution < 1.29 is 0 Å². The van der Waals surface area contributed by atoms with Crippen molar-refractivity contribution in [3.8, 4) is 0 Å². The van der Waals surface area contributed by atoms with Gasteiger partial charge in [-0.2, -0.15) is 0 Å². The minimum absolute atomic E-state index is 0.731. The summed E-state index contributed by atoms with van der Waals surface area (Å²) in [6.45, 7) is 9.79. The smallest absolute Gasteiger partial charge is 0.0144 e. The van der Waals surface area contributed by atoms with Gasteiger partial charge in [-0.3, -0.25) is 0 Å². The fourth-order valence-electron chi connectivity index (χ4n) is 0.213. The molecule has 0 aliphatic carbocycles. The molecule has 1 N–H and O–H groups in total. The van der Waals surface area contributed by atoms with Crippen LogP contribution in [0.1, 0.15) is 6.92 Å². The van der Waals surface area contributed by atoms with Crippen LogP contribution in [0.25, 0.3) is 0 Å². The van der Waals surface area contributed by atoms with E-state index in [2.05, 4.69) is 18.8 Å². The molecule has 35 valence electrons. The Morgan fingerprint density at radius 1 is 1.83 bits per heavy atom. The van der Waals surface area contributed by atoms with E-state index in [9.17, 15) is 0 Å². The molecule has 0 amide bonds. The van der Waals surface area contributed by atoms with E-state index in [0.717, 1.165) is 12.2 Å². The summed E-state index contributed by atoms with van der Waals surface area (Å²) in [4.78, 5) is 0. The van der Waals surface area contributed by atoms with Gasteiger partial charge >= 0.3 is 0 Å². The first-order chi connectivity index (χ1) is 2.77. The molecule has 0 aromatic heterocycles. The second-order valence-electron chi connectivity index (χ2n) is 1.21. The molecular weight excluding hydrogens is 74.1 g/mol. The summed E-state index contributed by atoms with van der Waals surface area (Å²) in [5, 5.41) is 2.90. The van der Waals surface area contributed by atoms with Crippen molar-refractivity contribution in [3.05, 3.63) is 19.2 Å². The summed E-state index contributed by atoms with van der Waals surface area (Å²) in [6, 6.07) is 0. The summed E-state index contributed by atoms with van der Waals surface area (Å²) in [6.07, 6.45) is 0. The molecule has 0 heterocycles. The van der Waals surface area contributed by atoms with Crippen LogP contribution in [0, 0.1) is 6.92 Å². The summed E-state index contributed by atoms with van der Waals surface area (Å²) < 4.78 is 0. The zero-order chi connectivity index (χ0) is 4.99. The van der Waals surface area contributed by atoms with Crippen molar-refractivity contribution in [2.24, 2.45) is 0 Å². The standard InChI is InChI=1S/C5H10N/c1-4-6-5(2)3/h6H,1-2,4H2,3H3. The van der Waals surface area contributed by atoms with Gasteiger partial charge in [-0.25, -0.2) is 0 Å². The number of hydrogen-bond donors (Lipinski definition) is 1. The van der Waals surface area contributed by atoms with E-state index in [1.54, 1.807) is 0 Å². The molecule has 0 atom stereocenters. The molecule has 0 saturated heterocycles. The number of hydrogen-bond acceptors (Lipinski definition) is 1. The quantitative estimate of drug-likeness (QED) is 0.525.